The van der Waals surface area contributed by atoms with Crippen LogP contribution >= 0.6 is 11.8 Å². The van der Waals surface area contributed by atoms with E-state index in [2.05, 4.69) is 10.6 Å². The monoisotopic (exact) mass is 453 g/mol. The van der Waals surface area contributed by atoms with E-state index < -0.39 is 24.2 Å². The Balaban J connectivity index is 1.59. The van der Waals surface area contributed by atoms with E-state index in [0.29, 0.717) is 39.3 Å². The molecule has 0 bridgehead atoms. The number of benzene rings is 3. The first-order valence-corrected chi connectivity index (χ1v) is 10.2. The molecule has 3 rings (SSSR count). The molecule has 0 heterocycles. The summed E-state index contributed by atoms with van der Waals surface area (Å²) in [5.41, 5.74) is 2.19. The van der Waals surface area contributed by atoms with Gasteiger partial charge in [0.15, 0.2) is 6.61 Å². The number of hydrogen-bond donors (Lipinski definition) is 2. The summed E-state index contributed by atoms with van der Waals surface area (Å²) in [6, 6.07) is 21.2. The Morgan fingerprint density at radius 2 is 1.62 bits per heavy atom. The van der Waals surface area contributed by atoms with Gasteiger partial charge in [-0.25, -0.2) is 4.79 Å². The summed E-state index contributed by atoms with van der Waals surface area (Å²) >= 11 is 0.446. The van der Waals surface area contributed by atoms with E-state index in [1.807, 2.05) is 6.07 Å². The Bertz CT molecular complexity index is 1130. The third-order valence-electron chi connectivity index (χ3n) is 4.14. The van der Waals surface area contributed by atoms with Gasteiger partial charge in [-0.3, -0.25) is 4.79 Å². The summed E-state index contributed by atoms with van der Waals surface area (Å²) in [6.45, 7) is -0.493. The van der Waals surface area contributed by atoms with Gasteiger partial charge in [0.2, 0.25) is 0 Å². The highest BCUT2D eigenvalue weighted by molar-refractivity contribution is 7.99. The standard InChI is InChI=1S/C23H17F2N3O3S/c24-23(25)32-18-11-9-16(10-12-18)27-20-4-2-1-3-19(20)22(30)31-14-21(29)28-17-7-5-15(13-26)6-8-17/h1-12,23,27H,14H2,(H,28,29). The number of anilines is 3. The number of halogens is 2. The van der Waals surface area contributed by atoms with E-state index in [-0.39, 0.29) is 5.56 Å². The molecule has 162 valence electrons. The second-order valence-corrected chi connectivity index (χ2v) is 7.45. The minimum Gasteiger partial charge on any atom is -0.452 e. The number of carbonyl (C=O) groups is 2. The van der Waals surface area contributed by atoms with Gasteiger partial charge in [0.1, 0.15) is 0 Å². The Hall–Kier alpha value is -3.90. The predicted octanol–water partition coefficient (Wildman–Crippen LogP) is 5.41. The first-order chi connectivity index (χ1) is 15.4. The number of nitrogens with zero attached hydrogens (tertiary/aromatic N) is 1. The molecular weight excluding hydrogens is 436 g/mol. The highest BCUT2D eigenvalue weighted by atomic mass is 32.2. The van der Waals surface area contributed by atoms with Crippen LogP contribution < -0.4 is 10.6 Å². The molecule has 0 aromatic heterocycles. The lowest BCUT2D eigenvalue weighted by Gasteiger charge is -2.12. The molecule has 0 saturated carbocycles. The third kappa shape index (κ3) is 6.55. The van der Waals surface area contributed by atoms with Gasteiger partial charge >= 0.3 is 5.97 Å². The quantitative estimate of drug-likeness (QED) is 0.350. The topological polar surface area (TPSA) is 91.2 Å². The van der Waals surface area contributed by atoms with E-state index in [1.54, 1.807) is 72.8 Å². The number of amides is 1. The fraction of sp³-hybridized carbons (Fsp3) is 0.0870. The summed E-state index contributed by atoms with van der Waals surface area (Å²) in [5.74, 6) is -3.73. The number of nitrogens with one attached hydrogen (secondary N) is 2. The lowest BCUT2D eigenvalue weighted by molar-refractivity contribution is -0.119. The van der Waals surface area contributed by atoms with Crippen molar-refractivity contribution >= 4 is 40.7 Å². The van der Waals surface area contributed by atoms with Crippen molar-refractivity contribution in [1.82, 2.24) is 0 Å². The summed E-state index contributed by atoms with van der Waals surface area (Å²) in [7, 11) is 0. The SMILES string of the molecule is N#Cc1ccc(NC(=O)COC(=O)c2ccccc2Nc2ccc(SC(F)F)cc2)cc1. The van der Waals surface area contributed by atoms with E-state index in [1.165, 1.54) is 0 Å². The summed E-state index contributed by atoms with van der Waals surface area (Å²) in [4.78, 5) is 25.0. The predicted molar refractivity (Wildman–Crippen MR) is 118 cm³/mol. The summed E-state index contributed by atoms with van der Waals surface area (Å²) in [6.07, 6.45) is 0. The Morgan fingerprint density at radius 3 is 2.28 bits per heavy atom. The Morgan fingerprint density at radius 1 is 0.969 bits per heavy atom. The molecule has 3 aromatic rings. The number of hydrogen-bond acceptors (Lipinski definition) is 6. The van der Waals surface area contributed by atoms with Crippen molar-refractivity contribution < 1.29 is 23.1 Å². The van der Waals surface area contributed by atoms with Crippen LogP contribution in [0.4, 0.5) is 25.8 Å². The van der Waals surface area contributed by atoms with Crippen LogP contribution in [0.3, 0.4) is 0 Å². The molecule has 0 saturated heterocycles. The maximum Gasteiger partial charge on any atom is 0.340 e. The van der Waals surface area contributed by atoms with Crippen LogP contribution in [0.2, 0.25) is 0 Å². The smallest absolute Gasteiger partial charge is 0.340 e. The lowest BCUT2D eigenvalue weighted by Crippen LogP contribution is -2.21. The first-order valence-electron chi connectivity index (χ1n) is 9.32. The number of alkyl halides is 2. The zero-order valence-corrected chi connectivity index (χ0v) is 17.4. The molecule has 0 aliphatic heterocycles. The molecule has 0 unspecified atom stereocenters. The second-order valence-electron chi connectivity index (χ2n) is 6.39. The molecule has 9 heteroatoms. The van der Waals surface area contributed by atoms with Gasteiger partial charge in [0.25, 0.3) is 11.7 Å². The van der Waals surface area contributed by atoms with Crippen LogP contribution in [-0.2, 0) is 9.53 Å². The Labute approximate surface area is 187 Å². The minimum absolute atomic E-state index is 0.213. The molecule has 0 atom stereocenters. The van der Waals surface area contributed by atoms with Gasteiger partial charge in [-0.15, -0.1) is 0 Å². The van der Waals surface area contributed by atoms with Crippen molar-refractivity contribution in [2.24, 2.45) is 0 Å². The van der Waals surface area contributed by atoms with Gasteiger partial charge in [-0.1, -0.05) is 23.9 Å². The van der Waals surface area contributed by atoms with Crippen molar-refractivity contribution in [2.45, 2.75) is 10.7 Å². The van der Waals surface area contributed by atoms with Crippen LogP contribution in [0.15, 0.2) is 77.7 Å². The number of para-hydroxylation sites is 1. The van der Waals surface area contributed by atoms with Crippen molar-refractivity contribution in [1.29, 1.82) is 5.26 Å². The van der Waals surface area contributed by atoms with Crippen LogP contribution in [0.25, 0.3) is 0 Å². The fourth-order valence-corrected chi connectivity index (χ4v) is 3.18. The maximum absolute atomic E-state index is 12.5. The molecule has 0 aliphatic carbocycles. The molecule has 0 fully saturated rings. The molecule has 0 aliphatic rings. The normalized spacial score (nSPS) is 10.3. The van der Waals surface area contributed by atoms with Gasteiger partial charge in [0.05, 0.1) is 22.9 Å². The molecular formula is C23H17F2N3O3S. The largest absolute Gasteiger partial charge is 0.452 e. The van der Waals surface area contributed by atoms with Crippen molar-refractivity contribution in [2.75, 3.05) is 17.2 Å². The van der Waals surface area contributed by atoms with Crippen LogP contribution in [0.1, 0.15) is 15.9 Å². The van der Waals surface area contributed by atoms with Gasteiger partial charge in [0, 0.05) is 16.3 Å². The highest BCUT2D eigenvalue weighted by Crippen LogP contribution is 2.28. The second kappa shape index (κ2) is 10.9. The molecule has 32 heavy (non-hydrogen) atoms. The first kappa shape index (κ1) is 22.8. The maximum atomic E-state index is 12.5. The van der Waals surface area contributed by atoms with E-state index >= 15 is 0 Å². The lowest BCUT2D eigenvalue weighted by atomic mass is 10.1. The molecule has 2 N–H and O–H groups in total. The van der Waals surface area contributed by atoms with Crippen molar-refractivity contribution in [3.05, 3.63) is 83.9 Å². The van der Waals surface area contributed by atoms with Crippen LogP contribution in [-0.4, -0.2) is 24.2 Å². The molecule has 0 spiro atoms. The van der Waals surface area contributed by atoms with Crippen LogP contribution in [0, 0.1) is 11.3 Å². The zero-order valence-electron chi connectivity index (χ0n) is 16.5. The van der Waals surface area contributed by atoms with Crippen LogP contribution in [0.5, 0.6) is 0 Å². The average Bonchev–Trinajstić information content (AvgIpc) is 2.79. The van der Waals surface area contributed by atoms with E-state index in [9.17, 15) is 18.4 Å². The minimum atomic E-state index is -2.50. The zero-order chi connectivity index (χ0) is 22.9. The number of esters is 1. The number of thioether (sulfide) groups is 1. The van der Waals surface area contributed by atoms with Gasteiger partial charge < -0.3 is 15.4 Å². The Kier molecular flexibility index (Phi) is 7.78. The molecule has 0 radical (unpaired) electrons. The van der Waals surface area contributed by atoms with Crippen molar-refractivity contribution in [3.63, 3.8) is 0 Å². The van der Waals surface area contributed by atoms with Gasteiger partial charge in [-0.2, -0.15) is 14.0 Å². The number of nitriles is 1. The molecule has 6 nitrogen and oxygen atoms in total. The van der Waals surface area contributed by atoms with Gasteiger partial charge in [-0.05, 0) is 60.7 Å². The summed E-state index contributed by atoms with van der Waals surface area (Å²) < 4.78 is 30.0. The fourth-order valence-electron chi connectivity index (χ4n) is 2.68. The van der Waals surface area contributed by atoms with E-state index in [4.69, 9.17) is 10.00 Å². The third-order valence-corrected chi connectivity index (χ3v) is 4.86. The summed E-state index contributed by atoms with van der Waals surface area (Å²) in [5, 5.41) is 14.4. The molecule has 3 aromatic carbocycles. The highest BCUT2D eigenvalue weighted by Gasteiger charge is 2.15. The number of rotatable bonds is 8. The average molecular weight is 453 g/mol. The van der Waals surface area contributed by atoms with E-state index in [0.717, 1.165) is 0 Å². The van der Waals surface area contributed by atoms with Crippen molar-refractivity contribution in [3.8, 4) is 6.07 Å². The molecule has 1 amide bonds. The number of carbonyl (C=O) groups excluding carboxylic acids is 2. The number of ether oxygens (including phenoxy) is 1.